The summed E-state index contributed by atoms with van der Waals surface area (Å²) in [5, 5.41) is 19.9. The molecule has 2 unspecified atom stereocenters. The molecule has 0 saturated carbocycles. The zero-order valence-electron chi connectivity index (χ0n) is 15.2. The fourth-order valence-electron chi connectivity index (χ4n) is 2.59. The Kier molecular flexibility index (Phi) is 5.65. The van der Waals surface area contributed by atoms with Crippen LogP contribution in [-0.4, -0.2) is 33.9 Å². The molecular formula is C20H22O6. The van der Waals surface area contributed by atoms with Crippen LogP contribution in [0.2, 0.25) is 0 Å². The van der Waals surface area contributed by atoms with E-state index < -0.39 is 29.4 Å². The Morgan fingerprint density at radius 2 is 1.73 bits per heavy atom. The minimum Gasteiger partial charge on any atom is -0.507 e. The number of allylic oxidation sites excluding steroid dienone is 2. The maximum Gasteiger partial charge on any atom is 0.309 e. The number of benzene rings is 1. The number of esters is 1. The summed E-state index contributed by atoms with van der Waals surface area (Å²) in [7, 11) is 0. The summed E-state index contributed by atoms with van der Waals surface area (Å²) in [6.45, 7) is 7.10. The van der Waals surface area contributed by atoms with Crippen LogP contribution in [0.15, 0.2) is 35.4 Å². The zero-order valence-corrected chi connectivity index (χ0v) is 15.2. The quantitative estimate of drug-likeness (QED) is 0.476. The standard InChI is InChI=1S/C20H22O6/c1-5-11(4)20(25)26-16(8-10(2)3)12-9-15(23)17-13(21)6-7-14(22)18(17)19(12)24/h6-9,11,16,21-22H,5H2,1-4H3. The smallest absolute Gasteiger partial charge is 0.309 e. The molecule has 0 heterocycles. The predicted molar refractivity (Wildman–Crippen MR) is 95.3 cm³/mol. The van der Waals surface area contributed by atoms with Gasteiger partial charge < -0.3 is 14.9 Å². The molecule has 0 saturated heterocycles. The lowest BCUT2D eigenvalue weighted by molar-refractivity contribution is -0.149. The molecular weight excluding hydrogens is 336 g/mol. The number of carbonyl (C=O) groups is 3. The molecule has 2 atom stereocenters. The summed E-state index contributed by atoms with van der Waals surface area (Å²) in [5.41, 5.74) is 0.211. The molecule has 138 valence electrons. The van der Waals surface area contributed by atoms with Crippen LogP contribution >= 0.6 is 0 Å². The topological polar surface area (TPSA) is 101 Å². The van der Waals surface area contributed by atoms with Crippen LogP contribution < -0.4 is 0 Å². The highest BCUT2D eigenvalue weighted by atomic mass is 16.5. The van der Waals surface area contributed by atoms with Crippen molar-refractivity contribution in [1.82, 2.24) is 0 Å². The molecule has 1 aromatic carbocycles. The van der Waals surface area contributed by atoms with Crippen LogP contribution in [-0.2, 0) is 9.53 Å². The van der Waals surface area contributed by atoms with E-state index in [0.717, 1.165) is 23.8 Å². The number of hydrogen-bond donors (Lipinski definition) is 2. The first-order valence-corrected chi connectivity index (χ1v) is 8.38. The maximum absolute atomic E-state index is 12.9. The van der Waals surface area contributed by atoms with E-state index in [1.165, 1.54) is 0 Å². The molecule has 0 radical (unpaired) electrons. The first-order valence-electron chi connectivity index (χ1n) is 8.38. The average Bonchev–Trinajstić information content (AvgIpc) is 2.58. The number of ketones is 2. The van der Waals surface area contributed by atoms with Gasteiger partial charge >= 0.3 is 5.97 Å². The average molecular weight is 358 g/mol. The van der Waals surface area contributed by atoms with Gasteiger partial charge in [0.1, 0.15) is 17.6 Å². The van der Waals surface area contributed by atoms with Crippen LogP contribution in [0.1, 0.15) is 54.8 Å². The van der Waals surface area contributed by atoms with Gasteiger partial charge in [-0.3, -0.25) is 14.4 Å². The van der Waals surface area contributed by atoms with Crippen LogP contribution in [0.5, 0.6) is 11.5 Å². The predicted octanol–water partition coefficient (Wildman–Crippen LogP) is 3.33. The van der Waals surface area contributed by atoms with Gasteiger partial charge in [-0.1, -0.05) is 19.4 Å². The number of aromatic hydroxyl groups is 2. The second kappa shape index (κ2) is 7.56. The second-order valence-corrected chi connectivity index (χ2v) is 6.56. The Morgan fingerprint density at radius 3 is 2.27 bits per heavy atom. The van der Waals surface area contributed by atoms with Gasteiger partial charge in [-0.2, -0.15) is 0 Å². The maximum atomic E-state index is 12.9. The molecule has 26 heavy (non-hydrogen) atoms. The van der Waals surface area contributed by atoms with Gasteiger partial charge in [-0.15, -0.1) is 0 Å². The van der Waals surface area contributed by atoms with Gasteiger partial charge in [0.05, 0.1) is 17.0 Å². The van der Waals surface area contributed by atoms with Crippen molar-refractivity contribution in [3.05, 3.63) is 46.6 Å². The molecule has 1 aliphatic carbocycles. The Morgan fingerprint density at radius 1 is 1.15 bits per heavy atom. The third kappa shape index (κ3) is 3.69. The summed E-state index contributed by atoms with van der Waals surface area (Å²) >= 11 is 0. The molecule has 2 rings (SSSR count). The van der Waals surface area contributed by atoms with E-state index in [-0.39, 0.29) is 28.4 Å². The molecule has 6 heteroatoms. The summed E-state index contributed by atoms with van der Waals surface area (Å²) < 4.78 is 5.46. The van der Waals surface area contributed by atoms with Gasteiger partial charge in [-0.25, -0.2) is 0 Å². The van der Waals surface area contributed by atoms with E-state index in [1.807, 2.05) is 6.92 Å². The number of phenols is 2. The van der Waals surface area contributed by atoms with E-state index in [2.05, 4.69) is 0 Å². The highest BCUT2D eigenvalue weighted by Gasteiger charge is 2.35. The normalized spacial score (nSPS) is 15.6. The van der Waals surface area contributed by atoms with Crippen molar-refractivity contribution in [3.63, 3.8) is 0 Å². The number of rotatable bonds is 5. The Bertz CT molecular complexity index is 827. The molecule has 0 aromatic heterocycles. The zero-order chi connectivity index (χ0) is 19.6. The first kappa shape index (κ1) is 19.4. The SMILES string of the molecule is CCC(C)C(=O)OC(C=C(C)C)C1=CC(=O)c2c(O)ccc(O)c2C1=O. The van der Waals surface area contributed by atoms with Gasteiger partial charge in [0.15, 0.2) is 11.6 Å². The lowest BCUT2D eigenvalue weighted by Gasteiger charge is -2.23. The Balaban J connectivity index is 2.51. The van der Waals surface area contributed by atoms with Gasteiger partial charge in [0.25, 0.3) is 0 Å². The van der Waals surface area contributed by atoms with Crippen molar-refractivity contribution in [2.75, 3.05) is 0 Å². The number of hydrogen-bond acceptors (Lipinski definition) is 6. The number of carbonyl (C=O) groups excluding carboxylic acids is 3. The Hall–Kier alpha value is -2.89. The third-order valence-corrected chi connectivity index (χ3v) is 4.23. The van der Waals surface area contributed by atoms with E-state index >= 15 is 0 Å². The van der Waals surface area contributed by atoms with Crippen LogP contribution in [0.4, 0.5) is 0 Å². The highest BCUT2D eigenvalue weighted by Crippen LogP contribution is 2.36. The van der Waals surface area contributed by atoms with E-state index in [1.54, 1.807) is 26.8 Å². The summed E-state index contributed by atoms with van der Waals surface area (Å²) in [5.74, 6) is -2.93. The van der Waals surface area contributed by atoms with Gasteiger partial charge in [-0.05, 0) is 44.6 Å². The van der Waals surface area contributed by atoms with Crippen LogP contribution in [0.25, 0.3) is 0 Å². The van der Waals surface area contributed by atoms with Crippen molar-refractivity contribution >= 4 is 17.5 Å². The number of Topliss-reactive ketones (excluding diaryl/α,β-unsaturated/α-hetero) is 1. The fourth-order valence-corrected chi connectivity index (χ4v) is 2.59. The largest absolute Gasteiger partial charge is 0.507 e. The molecule has 6 nitrogen and oxygen atoms in total. The molecule has 1 aromatic rings. The third-order valence-electron chi connectivity index (χ3n) is 4.23. The summed E-state index contributed by atoms with van der Waals surface area (Å²) in [6, 6.07) is 2.29. The lowest BCUT2D eigenvalue weighted by Crippen LogP contribution is -2.30. The minimum absolute atomic E-state index is 0.0544. The van der Waals surface area contributed by atoms with Crippen molar-refractivity contribution in [2.45, 2.75) is 40.2 Å². The molecule has 0 aliphatic heterocycles. The Labute approximate surface area is 151 Å². The molecule has 0 bridgehead atoms. The molecule has 0 fully saturated rings. The van der Waals surface area contributed by atoms with Crippen molar-refractivity contribution in [3.8, 4) is 11.5 Å². The van der Waals surface area contributed by atoms with Gasteiger partial charge in [0.2, 0.25) is 0 Å². The minimum atomic E-state index is -1.05. The van der Waals surface area contributed by atoms with Crippen LogP contribution in [0.3, 0.4) is 0 Å². The van der Waals surface area contributed by atoms with Gasteiger partial charge in [0, 0.05) is 5.57 Å². The molecule has 2 N–H and O–H groups in total. The monoisotopic (exact) mass is 358 g/mol. The lowest BCUT2D eigenvalue weighted by atomic mass is 9.85. The fraction of sp³-hybridized carbons (Fsp3) is 0.350. The number of ether oxygens (including phenoxy) is 1. The molecule has 1 aliphatic rings. The van der Waals surface area contributed by atoms with E-state index in [0.29, 0.717) is 6.42 Å². The van der Waals surface area contributed by atoms with Crippen LogP contribution in [0, 0.1) is 5.92 Å². The van der Waals surface area contributed by atoms with Crippen molar-refractivity contribution < 1.29 is 29.3 Å². The molecule has 0 spiro atoms. The second-order valence-electron chi connectivity index (χ2n) is 6.56. The van der Waals surface area contributed by atoms with Crippen molar-refractivity contribution in [1.29, 1.82) is 0 Å². The number of fused-ring (bicyclic) bond motifs is 1. The first-order chi connectivity index (χ1) is 12.2. The highest BCUT2D eigenvalue weighted by molar-refractivity contribution is 6.27. The molecule has 0 amide bonds. The van der Waals surface area contributed by atoms with E-state index in [9.17, 15) is 24.6 Å². The van der Waals surface area contributed by atoms with Crippen molar-refractivity contribution in [2.24, 2.45) is 5.92 Å². The summed E-state index contributed by atoms with van der Waals surface area (Å²) in [4.78, 5) is 37.5. The number of phenolic OH excluding ortho intramolecular Hbond substituents is 2. The van der Waals surface area contributed by atoms with E-state index in [4.69, 9.17) is 4.74 Å². The summed E-state index contributed by atoms with van der Waals surface area (Å²) in [6.07, 6.45) is 2.15.